The number of methoxy groups -OCH3 is 1. The van der Waals surface area contributed by atoms with Gasteiger partial charge in [-0.3, -0.25) is 5.32 Å². The predicted octanol–water partition coefficient (Wildman–Crippen LogP) is 2.20. The van der Waals surface area contributed by atoms with Gasteiger partial charge in [0.2, 0.25) is 15.8 Å². The Morgan fingerprint density at radius 3 is 2.69 bits per heavy atom. The third-order valence-electron chi connectivity index (χ3n) is 4.47. The van der Waals surface area contributed by atoms with E-state index in [0.29, 0.717) is 18.5 Å². The van der Waals surface area contributed by atoms with E-state index in [1.54, 1.807) is 6.92 Å². The molecule has 1 aliphatic heterocycles. The van der Waals surface area contributed by atoms with E-state index in [1.165, 1.54) is 42.0 Å². The zero-order valence-corrected chi connectivity index (χ0v) is 16.8. The second-order valence-electron chi connectivity index (χ2n) is 6.33. The number of halogens is 1. The number of rotatable bonds is 6. The number of hydrogen-bond acceptors (Lipinski definition) is 7. The van der Waals surface area contributed by atoms with E-state index in [4.69, 9.17) is 4.74 Å². The first-order chi connectivity index (χ1) is 13.8. The number of carbonyl (C=O) groups excluding carboxylic acids is 1. The van der Waals surface area contributed by atoms with Crippen molar-refractivity contribution in [3.63, 3.8) is 0 Å². The van der Waals surface area contributed by atoms with Crippen molar-refractivity contribution >= 4 is 21.8 Å². The Morgan fingerprint density at radius 2 is 2.03 bits per heavy atom. The zero-order valence-electron chi connectivity index (χ0n) is 16.0. The van der Waals surface area contributed by atoms with Gasteiger partial charge in [0.15, 0.2) is 0 Å². The Hall–Kier alpha value is -2.79. The fourth-order valence-electron chi connectivity index (χ4n) is 2.91. The molecule has 11 heteroatoms. The molecule has 1 fully saturated rings. The molecule has 1 atom stereocenters. The third-order valence-corrected chi connectivity index (χ3v) is 6.35. The second-order valence-corrected chi connectivity index (χ2v) is 8.26. The molecule has 1 aromatic carbocycles. The van der Waals surface area contributed by atoms with Crippen LogP contribution < -0.4 is 10.1 Å². The predicted molar refractivity (Wildman–Crippen MR) is 102 cm³/mol. The molecular formula is C18H21FN4O5S. The molecule has 29 heavy (non-hydrogen) atoms. The number of aryl methyl sites for hydroxylation is 1. The number of hydrogen-bond donors (Lipinski definition) is 1. The van der Waals surface area contributed by atoms with Crippen LogP contribution in [0.5, 0.6) is 5.88 Å². The first-order valence-corrected chi connectivity index (χ1v) is 10.4. The molecule has 3 rings (SSSR count). The minimum Gasteiger partial charge on any atom is -0.471 e. The lowest BCUT2D eigenvalue weighted by molar-refractivity contribution is 0.187. The summed E-state index contributed by atoms with van der Waals surface area (Å²) in [6.45, 7) is 2.09. The average molecular weight is 424 g/mol. The van der Waals surface area contributed by atoms with Crippen LogP contribution in [0.15, 0.2) is 35.5 Å². The minimum absolute atomic E-state index is 0.0788. The highest BCUT2D eigenvalue weighted by atomic mass is 32.2. The molecular weight excluding hydrogens is 403 g/mol. The summed E-state index contributed by atoms with van der Waals surface area (Å²) >= 11 is 0. The van der Waals surface area contributed by atoms with Gasteiger partial charge in [-0.25, -0.2) is 18.2 Å². The summed E-state index contributed by atoms with van der Waals surface area (Å²) in [6, 6.07) is 5.73. The van der Waals surface area contributed by atoms with Gasteiger partial charge >= 0.3 is 6.09 Å². The smallest absolute Gasteiger partial charge is 0.411 e. The van der Waals surface area contributed by atoms with Crippen LogP contribution in [-0.2, 0) is 21.2 Å². The van der Waals surface area contributed by atoms with E-state index in [2.05, 4.69) is 20.0 Å². The second kappa shape index (κ2) is 8.70. The molecule has 0 bridgehead atoms. The standard InChI is InChI=1S/C18H21FN4O5S/c1-3-15-16(19)17(21-11-20-15)28-13-8-9-23(10-13)29(25,26)14-6-4-12(5-7-14)22-18(24)27-2/h4-7,11,13H,3,8-10H2,1-2H3,(H,22,24)/t13-/m0/s1. The van der Waals surface area contributed by atoms with Crippen molar-refractivity contribution in [3.05, 3.63) is 42.1 Å². The first-order valence-electron chi connectivity index (χ1n) is 8.96. The Kier molecular flexibility index (Phi) is 6.28. The molecule has 0 saturated carbocycles. The van der Waals surface area contributed by atoms with Gasteiger partial charge in [-0.05, 0) is 37.1 Å². The van der Waals surface area contributed by atoms with Crippen LogP contribution in [0.4, 0.5) is 14.9 Å². The Bertz CT molecular complexity index is 984. The molecule has 0 aliphatic carbocycles. The van der Waals surface area contributed by atoms with Crippen molar-refractivity contribution < 1.29 is 27.1 Å². The summed E-state index contributed by atoms with van der Waals surface area (Å²) in [5.74, 6) is -0.788. The lowest BCUT2D eigenvalue weighted by atomic mass is 10.3. The number of benzene rings is 1. The SMILES string of the molecule is CCc1ncnc(O[C@H]2CCN(S(=O)(=O)c3ccc(NC(=O)OC)cc3)C2)c1F. The van der Waals surface area contributed by atoms with Gasteiger partial charge in [0.1, 0.15) is 12.4 Å². The van der Waals surface area contributed by atoms with E-state index in [-0.39, 0.29) is 29.6 Å². The number of nitrogens with one attached hydrogen (secondary N) is 1. The number of nitrogens with zero attached hydrogens (tertiary/aromatic N) is 3. The molecule has 9 nitrogen and oxygen atoms in total. The van der Waals surface area contributed by atoms with E-state index in [9.17, 15) is 17.6 Å². The molecule has 2 aromatic rings. The Balaban J connectivity index is 1.68. The van der Waals surface area contributed by atoms with E-state index in [0.717, 1.165) is 0 Å². The summed E-state index contributed by atoms with van der Waals surface area (Å²) in [7, 11) is -2.52. The fourth-order valence-corrected chi connectivity index (χ4v) is 4.40. The maximum atomic E-state index is 14.3. The summed E-state index contributed by atoms with van der Waals surface area (Å²) in [6.07, 6.45) is 0.871. The Morgan fingerprint density at radius 1 is 1.31 bits per heavy atom. The van der Waals surface area contributed by atoms with E-state index in [1.807, 2.05) is 0 Å². The van der Waals surface area contributed by atoms with E-state index < -0.39 is 28.0 Å². The topological polar surface area (TPSA) is 111 Å². The first kappa shape index (κ1) is 20.9. The lowest BCUT2D eigenvalue weighted by Gasteiger charge is -2.17. The lowest BCUT2D eigenvalue weighted by Crippen LogP contribution is -2.31. The zero-order chi connectivity index (χ0) is 21.0. The summed E-state index contributed by atoms with van der Waals surface area (Å²) in [4.78, 5) is 19.0. The number of amides is 1. The van der Waals surface area contributed by atoms with Crippen molar-refractivity contribution in [2.75, 3.05) is 25.5 Å². The molecule has 0 unspecified atom stereocenters. The molecule has 1 N–H and O–H groups in total. The van der Waals surface area contributed by atoms with Crippen molar-refractivity contribution in [1.82, 2.24) is 14.3 Å². The summed E-state index contributed by atoms with van der Waals surface area (Å²) in [5.41, 5.74) is 0.655. The van der Waals surface area contributed by atoms with Crippen LogP contribution in [0.3, 0.4) is 0 Å². The highest BCUT2D eigenvalue weighted by Crippen LogP contribution is 2.26. The van der Waals surface area contributed by atoms with Gasteiger partial charge in [0.05, 0.1) is 24.2 Å². The number of sulfonamides is 1. The fraction of sp³-hybridized carbons (Fsp3) is 0.389. The molecule has 2 heterocycles. The number of anilines is 1. The highest BCUT2D eigenvalue weighted by molar-refractivity contribution is 7.89. The molecule has 1 aliphatic rings. The van der Waals surface area contributed by atoms with Crippen molar-refractivity contribution in [2.45, 2.75) is 30.8 Å². The number of carbonyl (C=O) groups is 1. The van der Waals surface area contributed by atoms with Gasteiger partial charge in [-0.1, -0.05) is 6.92 Å². The summed E-state index contributed by atoms with van der Waals surface area (Å²) in [5, 5.41) is 2.45. The highest BCUT2D eigenvalue weighted by Gasteiger charge is 2.34. The van der Waals surface area contributed by atoms with Gasteiger partial charge in [-0.15, -0.1) is 0 Å². The molecule has 1 saturated heterocycles. The van der Waals surface area contributed by atoms with Crippen LogP contribution in [0.2, 0.25) is 0 Å². The third kappa shape index (κ3) is 4.62. The molecule has 0 spiro atoms. The molecule has 1 aromatic heterocycles. The maximum absolute atomic E-state index is 14.3. The minimum atomic E-state index is -3.75. The molecule has 156 valence electrons. The molecule has 0 radical (unpaired) electrons. The van der Waals surface area contributed by atoms with Gasteiger partial charge in [0, 0.05) is 12.2 Å². The van der Waals surface area contributed by atoms with Crippen LogP contribution in [-0.4, -0.2) is 55.1 Å². The van der Waals surface area contributed by atoms with Crippen LogP contribution in [0.1, 0.15) is 19.0 Å². The van der Waals surface area contributed by atoms with Gasteiger partial charge in [-0.2, -0.15) is 13.7 Å². The average Bonchev–Trinajstić information content (AvgIpc) is 3.19. The Labute approximate surface area is 167 Å². The van der Waals surface area contributed by atoms with E-state index >= 15 is 0 Å². The number of ether oxygens (including phenoxy) is 2. The van der Waals surface area contributed by atoms with Gasteiger partial charge in [0.25, 0.3) is 5.88 Å². The maximum Gasteiger partial charge on any atom is 0.411 e. The molecule has 1 amide bonds. The van der Waals surface area contributed by atoms with Crippen LogP contribution in [0.25, 0.3) is 0 Å². The monoisotopic (exact) mass is 424 g/mol. The van der Waals surface area contributed by atoms with Crippen molar-refractivity contribution in [3.8, 4) is 5.88 Å². The van der Waals surface area contributed by atoms with Gasteiger partial charge < -0.3 is 9.47 Å². The van der Waals surface area contributed by atoms with Crippen LogP contribution in [0, 0.1) is 5.82 Å². The van der Waals surface area contributed by atoms with Crippen molar-refractivity contribution in [1.29, 1.82) is 0 Å². The van der Waals surface area contributed by atoms with Crippen molar-refractivity contribution in [2.24, 2.45) is 0 Å². The van der Waals surface area contributed by atoms with Crippen LogP contribution >= 0.6 is 0 Å². The number of aromatic nitrogens is 2. The quantitative estimate of drug-likeness (QED) is 0.757. The largest absolute Gasteiger partial charge is 0.471 e. The normalized spacial score (nSPS) is 17.1. The summed E-state index contributed by atoms with van der Waals surface area (Å²) < 4.78 is 51.3.